The minimum Gasteiger partial charge on any atom is -0.488 e. The van der Waals surface area contributed by atoms with Crippen LogP contribution in [0.3, 0.4) is 0 Å². The Bertz CT molecular complexity index is 665. The van der Waals surface area contributed by atoms with Gasteiger partial charge in [-0.05, 0) is 40.2 Å². The van der Waals surface area contributed by atoms with E-state index in [1.54, 1.807) is 0 Å². The number of aromatic carboxylic acids is 2. The normalized spacial score (nSPS) is 10.2. The number of thiophene rings is 1. The summed E-state index contributed by atoms with van der Waals surface area (Å²) in [5, 5.41) is 19.8. The molecule has 0 saturated carbocycles. The summed E-state index contributed by atoms with van der Waals surface area (Å²) >= 11 is 4.83. The number of carboxylic acids is 2. The third kappa shape index (κ3) is 3.37. The second-order valence-electron chi connectivity index (χ2n) is 3.84. The second-order valence-corrected chi connectivity index (χ2v) is 5.75. The van der Waals surface area contributed by atoms with Gasteiger partial charge in [0.05, 0.1) is 11.1 Å². The molecule has 104 valence electrons. The Labute approximate surface area is 126 Å². The second kappa shape index (κ2) is 6.06. The van der Waals surface area contributed by atoms with Crippen molar-refractivity contribution in [3.05, 3.63) is 50.1 Å². The minimum absolute atomic E-state index is 0.260. The standard InChI is InChI=1S/C13H9BrO5S/c14-7-3-9(20-6-7)5-19-8-1-2-10(12(15)16)11(4-8)13(17)18/h1-4,6H,5H2,(H,15,16)(H,17,18). The third-order valence-corrected chi connectivity index (χ3v) is 4.13. The zero-order valence-corrected chi connectivity index (χ0v) is 12.4. The molecule has 0 unspecified atom stereocenters. The molecule has 1 aromatic heterocycles. The minimum atomic E-state index is -1.30. The molecule has 7 heteroatoms. The molecule has 20 heavy (non-hydrogen) atoms. The van der Waals surface area contributed by atoms with Crippen LogP contribution in [-0.4, -0.2) is 22.2 Å². The van der Waals surface area contributed by atoms with Crippen LogP contribution in [-0.2, 0) is 6.61 Å². The molecule has 2 N–H and O–H groups in total. The monoisotopic (exact) mass is 356 g/mol. The van der Waals surface area contributed by atoms with Crippen LogP contribution in [0, 0.1) is 0 Å². The predicted molar refractivity (Wildman–Crippen MR) is 76.7 cm³/mol. The van der Waals surface area contributed by atoms with Gasteiger partial charge >= 0.3 is 11.9 Å². The van der Waals surface area contributed by atoms with Crippen molar-refractivity contribution in [2.45, 2.75) is 6.61 Å². The lowest BCUT2D eigenvalue weighted by Gasteiger charge is -2.07. The van der Waals surface area contributed by atoms with Crippen molar-refractivity contribution in [1.82, 2.24) is 0 Å². The van der Waals surface area contributed by atoms with E-state index in [0.717, 1.165) is 9.35 Å². The van der Waals surface area contributed by atoms with E-state index in [0.29, 0.717) is 12.4 Å². The van der Waals surface area contributed by atoms with Crippen molar-refractivity contribution in [3.63, 3.8) is 0 Å². The lowest BCUT2D eigenvalue weighted by Crippen LogP contribution is -2.08. The molecule has 0 radical (unpaired) electrons. The van der Waals surface area contributed by atoms with Gasteiger partial charge in [-0.2, -0.15) is 0 Å². The fraction of sp³-hybridized carbons (Fsp3) is 0.0769. The Balaban J connectivity index is 2.18. The highest BCUT2D eigenvalue weighted by Crippen LogP contribution is 2.23. The number of carbonyl (C=O) groups is 2. The number of rotatable bonds is 5. The average molecular weight is 357 g/mol. The van der Waals surface area contributed by atoms with Crippen LogP contribution in [0.5, 0.6) is 5.75 Å². The fourth-order valence-electron chi connectivity index (χ4n) is 1.56. The molecule has 0 atom stereocenters. The van der Waals surface area contributed by atoms with Crippen LogP contribution in [0.1, 0.15) is 25.6 Å². The van der Waals surface area contributed by atoms with Gasteiger partial charge in [0.1, 0.15) is 12.4 Å². The number of hydrogen-bond donors (Lipinski definition) is 2. The molecule has 2 aromatic rings. The van der Waals surface area contributed by atoms with Crippen molar-refractivity contribution < 1.29 is 24.5 Å². The summed E-state index contributed by atoms with van der Waals surface area (Å²) in [6, 6.07) is 5.78. The molecule has 0 amide bonds. The molecule has 0 aliphatic heterocycles. The van der Waals surface area contributed by atoms with Gasteiger partial charge < -0.3 is 14.9 Å². The smallest absolute Gasteiger partial charge is 0.336 e. The molecular formula is C13H9BrO5S. The molecule has 1 aromatic carbocycles. The van der Waals surface area contributed by atoms with Gasteiger partial charge in [-0.15, -0.1) is 11.3 Å². The molecule has 0 saturated heterocycles. The Morgan fingerprint density at radius 3 is 2.40 bits per heavy atom. The van der Waals surface area contributed by atoms with E-state index in [4.69, 9.17) is 14.9 Å². The predicted octanol–water partition coefficient (Wildman–Crippen LogP) is 3.49. The first-order valence-corrected chi connectivity index (χ1v) is 7.11. The summed E-state index contributed by atoms with van der Waals surface area (Å²) in [5.41, 5.74) is -0.550. The quantitative estimate of drug-likeness (QED) is 0.856. The van der Waals surface area contributed by atoms with E-state index >= 15 is 0 Å². The Morgan fingerprint density at radius 2 is 1.85 bits per heavy atom. The molecule has 0 bridgehead atoms. The maximum atomic E-state index is 11.0. The Kier molecular flexibility index (Phi) is 4.41. The highest BCUT2D eigenvalue weighted by molar-refractivity contribution is 9.10. The van der Waals surface area contributed by atoms with E-state index in [9.17, 15) is 9.59 Å². The average Bonchev–Trinajstić information content (AvgIpc) is 2.81. The fourth-order valence-corrected chi connectivity index (χ4v) is 2.92. The van der Waals surface area contributed by atoms with Crippen molar-refractivity contribution in [1.29, 1.82) is 0 Å². The summed E-state index contributed by atoms with van der Waals surface area (Å²) in [4.78, 5) is 22.9. The number of halogens is 1. The number of benzene rings is 1. The number of hydrogen-bond acceptors (Lipinski definition) is 4. The van der Waals surface area contributed by atoms with Crippen LogP contribution < -0.4 is 4.74 Å². The van der Waals surface area contributed by atoms with E-state index < -0.39 is 11.9 Å². The summed E-state index contributed by atoms with van der Waals surface area (Å²) < 4.78 is 6.42. The van der Waals surface area contributed by atoms with E-state index in [2.05, 4.69) is 15.9 Å². The van der Waals surface area contributed by atoms with Gasteiger partial charge in [-0.25, -0.2) is 9.59 Å². The van der Waals surface area contributed by atoms with Gasteiger partial charge in [0.25, 0.3) is 0 Å². The number of ether oxygens (including phenoxy) is 1. The van der Waals surface area contributed by atoms with Crippen LogP contribution in [0.4, 0.5) is 0 Å². The highest BCUT2D eigenvalue weighted by atomic mass is 79.9. The third-order valence-electron chi connectivity index (χ3n) is 2.45. The van der Waals surface area contributed by atoms with Crippen molar-refractivity contribution in [3.8, 4) is 5.75 Å². The maximum absolute atomic E-state index is 11.0. The molecule has 0 aliphatic rings. The maximum Gasteiger partial charge on any atom is 0.336 e. The Morgan fingerprint density at radius 1 is 1.15 bits per heavy atom. The van der Waals surface area contributed by atoms with Crippen LogP contribution in [0.25, 0.3) is 0 Å². The summed E-state index contributed by atoms with van der Waals surface area (Å²) in [6.07, 6.45) is 0. The summed E-state index contributed by atoms with van der Waals surface area (Å²) in [7, 11) is 0. The van der Waals surface area contributed by atoms with Gasteiger partial charge in [-0.3, -0.25) is 0 Å². The first-order valence-electron chi connectivity index (χ1n) is 5.43. The van der Waals surface area contributed by atoms with E-state index in [1.807, 2.05) is 11.4 Å². The number of carboxylic acid groups (broad SMARTS) is 2. The molecule has 0 fully saturated rings. The first kappa shape index (κ1) is 14.5. The van der Waals surface area contributed by atoms with Gasteiger partial charge in [0.2, 0.25) is 0 Å². The van der Waals surface area contributed by atoms with Crippen LogP contribution >= 0.6 is 27.3 Å². The zero-order chi connectivity index (χ0) is 14.7. The molecule has 5 nitrogen and oxygen atoms in total. The van der Waals surface area contributed by atoms with E-state index in [1.165, 1.54) is 29.5 Å². The van der Waals surface area contributed by atoms with Gasteiger partial charge in [-0.1, -0.05) is 0 Å². The molecular weight excluding hydrogens is 348 g/mol. The van der Waals surface area contributed by atoms with Crippen molar-refractivity contribution in [2.75, 3.05) is 0 Å². The topological polar surface area (TPSA) is 83.8 Å². The molecule has 1 heterocycles. The summed E-state index contributed by atoms with van der Waals surface area (Å²) in [5.74, 6) is -2.26. The van der Waals surface area contributed by atoms with Crippen molar-refractivity contribution >= 4 is 39.2 Å². The Hall–Kier alpha value is -1.86. The largest absolute Gasteiger partial charge is 0.488 e. The molecule has 0 aliphatic carbocycles. The summed E-state index contributed by atoms with van der Waals surface area (Å²) in [6.45, 7) is 0.293. The first-order chi connectivity index (χ1) is 9.47. The lowest BCUT2D eigenvalue weighted by atomic mass is 10.1. The SMILES string of the molecule is O=C(O)c1ccc(OCc2cc(Br)cs2)cc1C(=O)O. The van der Waals surface area contributed by atoms with Crippen molar-refractivity contribution in [2.24, 2.45) is 0 Å². The van der Waals surface area contributed by atoms with Gasteiger partial charge in [0, 0.05) is 14.7 Å². The lowest BCUT2D eigenvalue weighted by molar-refractivity contribution is 0.0651. The van der Waals surface area contributed by atoms with Crippen LogP contribution in [0.15, 0.2) is 34.1 Å². The molecule has 2 rings (SSSR count). The zero-order valence-electron chi connectivity index (χ0n) is 10.00. The van der Waals surface area contributed by atoms with Crippen LogP contribution in [0.2, 0.25) is 0 Å². The highest BCUT2D eigenvalue weighted by Gasteiger charge is 2.16. The molecule has 0 spiro atoms. The van der Waals surface area contributed by atoms with Gasteiger partial charge in [0.15, 0.2) is 0 Å². The van der Waals surface area contributed by atoms with E-state index in [-0.39, 0.29) is 11.1 Å².